The molecule has 0 spiro atoms. The second-order valence-corrected chi connectivity index (χ2v) is 8.73. The molecule has 7 nitrogen and oxygen atoms in total. The Labute approximate surface area is 188 Å². The fourth-order valence-electron chi connectivity index (χ4n) is 3.31. The molecule has 1 aliphatic rings. The zero-order chi connectivity index (χ0) is 22.2. The summed E-state index contributed by atoms with van der Waals surface area (Å²) in [6.07, 6.45) is 1.97. The van der Waals surface area contributed by atoms with Crippen LogP contribution in [0.4, 0.5) is 0 Å². The molecule has 0 radical (unpaired) electrons. The number of hydrogen-bond donors (Lipinski definition) is 2. The van der Waals surface area contributed by atoms with Gasteiger partial charge in [0, 0.05) is 43.1 Å². The van der Waals surface area contributed by atoms with E-state index in [1.807, 2.05) is 13.0 Å². The number of carbonyl (C=O) groups excluding carboxylic acids is 1. The maximum Gasteiger partial charge on any atom is 0.241 e. The van der Waals surface area contributed by atoms with Gasteiger partial charge in [0.15, 0.2) is 5.96 Å². The van der Waals surface area contributed by atoms with Gasteiger partial charge in [-0.05, 0) is 43.8 Å². The first kappa shape index (κ1) is 22.9. The van der Waals surface area contributed by atoms with Crippen LogP contribution < -0.4 is 20.1 Å². The number of likely N-dealkylation sites (N-methyl/N-ethyl adjacent to an activating group) is 1. The average Bonchev–Trinajstić information content (AvgIpc) is 3.37. The Morgan fingerprint density at radius 3 is 2.90 bits per heavy atom. The molecule has 0 saturated carbocycles. The molecule has 1 unspecified atom stereocenters. The minimum absolute atomic E-state index is 0.0114. The van der Waals surface area contributed by atoms with E-state index in [1.54, 1.807) is 30.3 Å². The Morgan fingerprint density at radius 2 is 2.19 bits per heavy atom. The Bertz CT molecular complexity index is 896. The molecule has 31 heavy (non-hydrogen) atoms. The molecule has 0 fully saturated rings. The summed E-state index contributed by atoms with van der Waals surface area (Å²) in [4.78, 5) is 19.6. The number of ether oxygens (including phenoxy) is 2. The molecule has 3 rings (SSSR count). The van der Waals surface area contributed by atoms with Gasteiger partial charge in [-0.15, -0.1) is 11.3 Å². The molecular weight excluding hydrogens is 412 g/mol. The number of thiophene rings is 1. The summed E-state index contributed by atoms with van der Waals surface area (Å²) < 4.78 is 11.8. The summed E-state index contributed by atoms with van der Waals surface area (Å²) in [6, 6.07) is 8.27. The van der Waals surface area contributed by atoms with Crippen molar-refractivity contribution in [3.05, 3.63) is 45.6 Å². The number of benzene rings is 1. The molecule has 168 valence electrons. The molecule has 0 bridgehead atoms. The molecule has 0 aliphatic carbocycles. The lowest BCUT2D eigenvalue weighted by Gasteiger charge is -2.16. The third-order valence-electron chi connectivity index (χ3n) is 4.94. The van der Waals surface area contributed by atoms with Gasteiger partial charge >= 0.3 is 0 Å². The summed E-state index contributed by atoms with van der Waals surface area (Å²) in [6.45, 7) is 5.97. The number of carbonyl (C=O) groups is 1. The molecule has 0 saturated heterocycles. The van der Waals surface area contributed by atoms with Crippen molar-refractivity contribution in [3.63, 3.8) is 0 Å². The summed E-state index contributed by atoms with van der Waals surface area (Å²) in [5.74, 6) is 2.33. The van der Waals surface area contributed by atoms with Crippen LogP contribution in [-0.4, -0.2) is 56.7 Å². The highest BCUT2D eigenvalue weighted by atomic mass is 32.1. The number of nitrogens with zero attached hydrogens (tertiary/aromatic N) is 2. The van der Waals surface area contributed by atoms with Gasteiger partial charge in [0.2, 0.25) is 5.91 Å². The number of nitrogens with one attached hydrogen (secondary N) is 2. The lowest BCUT2D eigenvalue weighted by atomic mass is 10.1. The van der Waals surface area contributed by atoms with Crippen LogP contribution in [0.3, 0.4) is 0 Å². The van der Waals surface area contributed by atoms with E-state index in [0.29, 0.717) is 19.1 Å². The molecular formula is C23H32N4O3S. The predicted molar refractivity (Wildman–Crippen MR) is 125 cm³/mol. The minimum Gasteiger partial charge on any atom is -0.494 e. The van der Waals surface area contributed by atoms with Crippen LogP contribution in [0.2, 0.25) is 0 Å². The van der Waals surface area contributed by atoms with Gasteiger partial charge < -0.3 is 25.0 Å². The van der Waals surface area contributed by atoms with Gasteiger partial charge in [-0.2, -0.15) is 0 Å². The molecule has 2 aromatic rings. The van der Waals surface area contributed by atoms with Gasteiger partial charge in [-0.1, -0.05) is 6.07 Å². The van der Waals surface area contributed by atoms with Gasteiger partial charge in [-0.25, -0.2) is 4.99 Å². The minimum atomic E-state index is -0.0114. The van der Waals surface area contributed by atoms with E-state index in [9.17, 15) is 4.79 Å². The van der Waals surface area contributed by atoms with Crippen LogP contribution in [0.5, 0.6) is 11.5 Å². The van der Waals surface area contributed by atoms with Crippen molar-refractivity contribution < 1.29 is 14.3 Å². The van der Waals surface area contributed by atoms with E-state index in [4.69, 9.17) is 14.5 Å². The second-order valence-electron chi connectivity index (χ2n) is 7.70. The quantitative estimate of drug-likeness (QED) is 0.460. The van der Waals surface area contributed by atoms with Gasteiger partial charge in [0.05, 0.1) is 19.7 Å². The maximum absolute atomic E-state index is 12.0. The van der Waals surface area contributed by atoms with Crippen molar-refractivity contribution in [2.45, 2.75) is 39.3 Å². The van der Waals surface area contributed by atoms with Gasteiger partial charge in [0.1, 0.15) is 17.6 Å². The van der Waals surface area contributed by atoms with E-state index in [-0.39, 0.29) is 18.6 Å². The number of hydrogen-bond acceptors (Lipinski definition) is 5. The Kier molecular flexibility index (Phi) is 8.17. The van der Waals surface area contributed by atoms with Crippen LogP contribution in [0, 0.1) is 0 Å². The van der Waals surface area contributed by atoms with E-state index in [1.165, 1.54) is 10.4 Å². The van der Waals surface area contributed by atoms with Crippen molar-refractivity contribution in [3.8, 4) is 11.5 Å². The summed E-state index contributed by atoms with van der Waals surface area (Å²) >= 11 is 1.73. The predicted octanol–water partition coefficient (Wildman–Crippen LogP) is 2.84. The zero-order valence-electron chi connectivity index (χ0n) is 18.7. The fraction of sp³-hybridized carbons (Fsp3) is 0.478. The number of fused-ring (bicyclic) bond motifs is 1. The number of amides is 1. The second kappa shape index (κ2) is 11.0. The first-order valence-electron chi connectivity index (χ1n) is 10.7. The maximum atomic E-state index is 12.0. The van der Waals surface area contributed by atoms with E-state index >= 15 is 0 Å². The highest BCUT2D eigenvalue weighted by Gasteiger charge is 2.21. The van der Waals surface area contributed by atoms with Crippen molar-refractivity contribution >= 4 is 23.2 Å². The SMILES string of the molecule is CCOc1cc2c(cc1CN=C(NCCc1cccs1)NCC(=O)N(C)C)OC(C)C2. The summed E-state index contributed by atoms with van der Waals surface area (Å²) in [5, 5.41) is 8.55. The molecule has 1 aliphatic heterocycles. The molecule has 8 heteroatoms. The Morgan fingerprint density at radius 1 is 1.35 bits per heavy atom. The van der Waals surface area contributed by atoms with E-state index in [2.05, 4.69) is 41.1 Å². The lowest BCUT2D eigenvalue weighted by Crippen LogP contribution is -2.43. The third-order valence-corrected chi connectivity index (χ3v) is 5.87. The van der Waals surface area contributed by atoms with Gasteiger partial charge in [-0.3, -0.25) is 4.79 Å². The topological polar surface area (TPSA) is 75.2 Å². The van der Waals surface area contributed by atoms with Crippen molar-refractivity contribution in [2.75, 3.05) is 33.8 Å². The first-order chi connectivity index (χ1) is 15.0. The van der Waals surface area contributed by atoms with Crippen LogP contribution in [0.15, 0.2) is 34.6 Å². The van der Waals surface area contributed by atoms with Crippen LogP contribution in [0.25, 0.3) is 0 Å². The number of rotatable bonds is 9. The molecule has 2 N–H and O–H groups in total. The highest BCUT2D eigenvalue weighted by Crippen LogP contribution is 2.35. The molecule has 1 aromatic heterocycles. The van der Waals surface area contributed by atoms with Crippen LogP contribution in [-0.2, 0) is 24.2 Å². The normalized spacial score (nSPS) is 15.2. The smallest absolute Gasteiger partial charge is 0.241 e. The summed E-state index contributed by atoms with van der Waals surface area (Å²) in [5.41, 5.74) is 2.14. The fourth-order valence-corrected chi connectivity index (χ4v) is 4.02. The Balaban J connectivity index is 1.72. The standard InChI is InChI=1S/C23H32N4O3S/c1-5-29-20-12-17-11-16(2)30-21(17)13-18(20)14-25-23(26-15-22(28)27(3)4)24-9-8-19-7-6-10-31-19/h6-7,10,12-13,16H,5,8-9,11,14-15H2,1-4H3,(H2,24,25,26). The number of aliphatic imine (C=N–C) groups is 1. The molecule has 1 aromatic carbocycles. The zero-order valence-corrected chi connectivity index (χ0v) is 19.6. The Hall–Kier alpha value is -2.74. The highest BCUT2D eigenvalue weighted by molar-refractivity contribution is 7.09. The van der Waals surface area contributed by atoms with Crippen molar-refractivity contribution in [1.29, 1.82) is 0 Å². The first-order valence-corrected chi connectivity index (χ1v) is 11.5. The van der Waals surface area contributed by atoms with Gasteiger partial charge in [0.25, 0.3) is 0 Å². The van der Waals surface area contributed by atoms with E-state index < -0.39 is 0 Å². The lowest BCUT2D eigenvalue weighted by molar-refractivity contribution is -0.127. The number of guanidine groups is 1. The van der Waals surface area contributed by atoms with Crippen LogP contribution in [0.1, 0.15) is 29.9 Å². The average molecular weight is 445 g/mol. The molecule has 1 amide bonds. The van der Waals surface area contributed by atoms with Crippen LogP contribution >= 0.6 is 11.3 Å². The largest absolute Gasteiger partial charge is 0.494 e. The van der Waals surface area contributed by atoms with Crippen molar-refractivity contribution in [1.82, 2.24) is 15.5 Å². The monoisotopic (exact) mass is 444 g/mol. The van der Waals surface area contributed by atoms with Crippen molar-refractivity contribution in [2.24, 2.45) is 4.99 Å². The van der Waals surface area contributed by atoms with E-state index in [0.717, 1.165) is 36.4 Å². The molecule has 1 atom stereocenters. The third kappa shape index (κ3) is 6.62. The molecule has 2 heterocycles. The summed E-state index contributed by atoms with van der Waals surface area (Å²) in [7, 11) is 3.48.